The number of hydrogen-bond donors (Lipinski definition) is 1. The standard InChI is InChI=1S/C9H12N4/c1-2-13-7-4-3-5-11-9(7)12-8(13)6-10/h3-5H,2,6,10H2,1H3. The van der Waals surface area contributed by atoms with Crippen molar-refractivity contribution in [2.24, 2.45) is 5.73 Å². The number of nitrogens with two attached hydrogens (primary N) is 1. The zero-order valence-corrected chi connectivity index (χ0v) is 7.57. The summed E-state index contributed by atoms with van der Waals surface area (Å²) in [5.41, 5.74) is 7.42. The van der Waals surface area contributed by atoms with Crippen molar-refractivity contribution < 1.29 is 0 Å². The van der Waals surface area contributed by atoms with Crippen molar-refractivity contribution in [2.45, 2.75) is 20.0 Å². The maximum atomic E-state index is 5.58. The molecule has 0 unspecified atom stereocenters. The molecular weight excluding hydrogens is 164 g/mol. The van der Waals surface area contributed by atoms with Crippen LogP contribution in [0.15, 0.2) is 18.3 Å². The van der Waals surface area contributed by atoms with E-state index in [1.54, 1.807) is 6.20 Å². The fourth-order valence-electron chi connectivity index (χ4n) is 1.52. The maximum absolute atomic E-state index is 5.58. The van der Waals surface area contributed by atoms with Crippen LogP contribution in [0.25, 0.3) is 11.2 Å². The normalized spacial score (nSPS) is 10.9. The van der Waals surface area contributed by atoms with E-state index < -0.39 is 0 Å². The predicted molar refractivity (Wildman–Crippen MR) is 51.1 cm³/mol. The molecule has 68 valence electrons. The van der Waals surface area contributed by atoms with Crippen LogP contribution in [0.3, 0.4) is 0 Å². The molecule has 0 aliphatic carbocycles. The summed E-state index contributed by atoms with van der Waals surface area (Å²) in [4.78, 5) is 8.50. The molecule has 0 radical (unpaired) electrons. The van der Waals surface area contributed by atoms with Gasteiger partial charge in [-0.2, -0.15) is 0 Å². The molecule has 0 atom stereocenters. The van der Waals surface area contributed by atoms with Crippen LogP contribution in [-0.2, 0) is 13.1 Å². The number of fused-ring (bicyclic) bond motifs is 1. The van der Waals surface area contributed by atoms with Gasteiger partial charge < -0.3 is 10.3 Å². The van der Waals surface area contributed by atoms with Crippen LogP contribution < -0.4 is 5.73 Å². The van der Waals surface area contributed by atoms with Gasteiger partial charge in [0, 0.05) is 12.7 Å². The Bertz CT molecular complexity index is 418. The highest BCUT2D eigenvalue weighted by molar-refractivity contribution is 5.71. The molecule has 0 saturated carbocycles. The van der Waals surface area contributed by atoms with Gasteiger partial charge in [-0.15, -0.1) is 0 Å². The Hall–Kier alpha value is -1.42. The second-order valence-electron chi connectivity index (χ2n) is 2.82. The molecule has 13 heavy (non-hydrogen) atoms. The first kappa shape index (κ1) is 8.19. The van der Waals surface area contributed by atoms with E-state index in [9.17, 15) is 0 Å². The van der Waals surface area contributed by atoms with Gasteiger partial charge in [0.2, 0.25) is 0 Å². The third-order valence-electron chi connectivity index (χ3n) is 2.10. The number of aryl methyl sites for hydroxylation is 1. The summed E-state index contributed by atoms with van der Waals surface area (Å²) in [5.74, 6) is 0.899. The average molecular weight is 176 g/mol. The van der Waals surface area contributed by atoms with Gasteiger partial charge in [-0.25, -0.2) is 9.97 Å². The van der Waals surface area contributed by atoms with Gasteiger partial charge in [0.05, 0.1) is 12.1 Å². The Balaban J connectivity index is 2.73. The zero-order chi connectivity index (χ0) is 9.26. The third kappa shape index (κ3) is 1.19. The molecule has 2 rings (SSSR count). The van der Waals surface area contributed by atoms with E-state index in [4.69, 9.17) is 5.73 Å². The van der Waals surface area contributed by atoms with Crippen molar-refractivity contribution in [3.8, 4) is 0 Å². The molecule has 0 aromatic carbocycles. The van der Waals surface area contributed by atoms with E-state index in [0.717, 1.165) is 23.5 Å². The van der Waals surface area contributed by atoms with Crippen molar-refractivity contribution in [2.75, 3.05) is 0 Å². The van der Waals surface area contributed by atoms with E-state index >= 15 is 0 Å². The third-order valence-corrected chi connectivity index (χ3v) is 2.10. The van der Waals surface area contributed by atoms with Gasteiger partial charge in [-0.3, -0.25) is 0 Å². The molecule has 2 heterocycles. The first-order valence-electron chi connectivity index (χ1n) is 4.37. The second kappa shape index (κ2) is 3.14. The van der Waals surface area contributed by atoms with Crippen molar-refractivity contribution in [1.29, 1.82) is 0 Å². The number of hydrogen-bond acceptors (Lipinski definition) is 3. The minimum Gasteiger partial charge on any atom is -0.326 e. The van der Waals surface area contributed by atoms with Gasteiger partial charge in [0.25, 0.3) is 0 Å². The van der Waals surface area contributed by atoms with Gasteiger partial charge in [-0.1, -0.05) is 0 Å². The van der Waals surface area contributed by atoms with Crippen LogP contribution in [-0.4, -0.2) is 14.5 Å². The van der Waals surface area contributed by atoms with Crippen LogP contribution >= 0.6 is 0 Å². The Morgan fingerprint density at radius 1 is 1.54 bits per heavy atom. The molecule has 0 fully saturated rings. The van der Waals surface area contributed by atoms with Gasteiger partial charge >= 0.3 is 0 Å². The molecule has 2 aromatic heterocycles. The number of pyridine rings is 1. The van der Waals surface area contributed by atoms with Crippen LogP contribution in [0, 0.1) is 0 Å². The number of aromatic nitrogens is 3. The second-order valence-corrected chi connectivity index (χ2v) is 2.82. The summed E-state index contributed by atoms with van der Waals surface area (Å²) in [6.07, 6.45) is 1.75. The molecule has 2 N–H and O–H groups in total. The lowest BCUT2D eigenvalue weighted by Gasteiger charge is -2.01. The molecule has 0 saturated heterocycles. The first-order chi connectivity index (χ1) is 6.36. The summed E-state index contributed by atoms with van der Waals surface area (Å²) < 4.78 is 2.09. The summed E-state index contributed by atoms with van der Waals surface area (Å²) in [5, 5.41) is 0. The molecule has 0 amide bonds. The van der Waals surface area contributed by atoms with Crippen molar-refractivity contribution in [1.82, 2.24) is 14.5 Å². The number of nitrogens with zero attached hydrogens (tertiary/aromatic N) is 3. The molecule has 4 heteroatoms. The summed E-state index contributed by atoms with van der Waals surface area (Å²) in [6.45, 7) is 3.42. The van der Waals surface area contributed by atoms with Crippen LogP contribution in [0.5, 0.6) is 0 Å². The van der Waals surface area contributed by atoms with Gasteiger partial charge in [0.15, 0.2) is 5.65 Å². The van der Waals surface area contributed by atoms with Crippen molar-refractivity contribution >= 4 is 11.2 Å². The SMILES string of the molecule is CCn1c(CN)nc2ncccc21. The van der Waals surface area contributed by atoms with E-state index in [-0.39, 0.29) is 0 Å². The molecule has 0 spiro atoms. The largest absolute Gasteiger partial charge is 0.326 e. The number of rotatable bonds is 2. The molecular formula is C9H12N4. The van der Waals surface area contributed by atoms with Crippen LogP contribution in [0.1, 0.15) is 12.7 Å². The lowest BCUT2D eigenvalue weighted by molar-refractivity contribution is 0.718. The average Bonchev–Trinajstić information content (AvgIpc) is 2.55. The van der Waals surface area contributed by atoms with Crippen molar-refractivity contribution in [3.05, 3.63) is 24.2 Å². The number of imidazole rings is 1. The Morgan fingerprint density at radius 3 is 3.08 bits per heavy atom. The van der Waals surface area contributed by atoms with E-state index in [2.05, 4.69) is 21.5 Å². The van der Waals surface area contributed by atoms with E-state index in [0.29, 0.717) is 6.54 Å². The quantitative estimate of drug-likeness (QED) is 0.740. The van der Waals surface area contributed by atoms with E-state index in [1.807, 2.05) is 12.1 Å². The monoisotopic (exact) mass is 176 g/mol. The lowest BCUT2D eigenvalue weighted by Crippen LogP contribution is -2.06. The molecule has 2 aromatic rings. The fraction of sp³-hybridized carbons (Fsp3) is 0.333. The summed E-state index contributed by atoms with van der Waals surface area (Å²) in [6, 6.07) is 3.93. The Morgan fingerprint density at radius 2 is 2.38 bits per heavy atom. The molecule has 0 aliphatic heterocycles. The highest BCUT2D eigenvalue weighted by Crippen LogP contribution is 2.12. The highest BCUT2D eigenvalue weighted by atomic mass is 15.1. The van der Waals surface area contributed by atoms with Gasteiger partial charge in [-0.05, 0) is 19.1 Å². The van der Waals surface area contributed by atoms with Gasteiger partial charge in [0.1, 0.15) is 5.82 Å². The predicted octanol–water partition coefficient (Wildman–Crippen LogP) is 0.910. The summed E-state index contributed by atoms with van der Waals surface area (Å²) in [7, 11) is 0. The highest BCUT2D eigenvalue weighted by Gasteiger charge is 2.07. The first-order valence-corrected chi connectivity index (χ1v) is 4.37. The topological polar surface area (TPSA) is 56.7 Å². The van der Waals surface area contributed by atoms with E-state index in [1.165, 1.54) is 0 Å². The molecule has 4 nitrogen and oxygen atoms in total. The van der Waals surface area contributed by atoms with Crippen LogP contribution in [0.4, 0.5) is 0 Å². The minimum atomic E-state index is 0.463. The maximum Gasteiger partial charge on any atom is 0.177 e. The Labute approximate surface area is 76.4 Å². The molecule has 0 bridgehead atoms. The molecule has 0 aliphatic rings. The van der Waals surface area contributed by atoms with Crippen molar-refractivity contribution in [3.63, 3.8) is 0 Å². The Kier molecular flexibility index (Phi) is 1.98. The smallest absolute Gasteiger partial charge is 0.177 e. The summed E-state index contributed by atoms with van der Waals surface area (Å²) >= 11 is 0. The zero-order valence-electron chi connectivity index (χ0n) is 7.57. The lowest BCUT2D eigenvalue weighted by atomic mass is 10.4. The minimum absolute atomic E-state index is 0.463. The van der Waals surface area contributed by atoms with Crippen LogP contribution in [0.2, 0.25) is 0 Å². The fourth-order valence-corrected chi connectivity index (χ4v) is 1.52.